The van der Waals surface area contributed by atoms with Crippen LogP contribution >= 0.6 is 11.6 Å². The summed E-state index contributed by atoms with van der Waals surface area (Å²) < 4.78 is 16.9. The van der Waals surface area contributed by atoms with Crippen molar-refractivity contribution in [3.05, 3.63) is 54.7 Å². The van der Waals surface area contributed by atoms with Crippen LogP contribution in [-0.4, -0.2) is 84.2 Å². The number of amides is 3. The van der Waals surface area contributed by atoms with E-state index in [1.54, 1.807) is 44.2 Å². The smallest absolute Gasteiger partial charge is 0.332 e. The highest BCUT2D eigenvalue weighted by Crippen LogP contribution is 2.45. The van der Waals surface area contributed by atoms with Crippen LogP contribution in [-0.2, 0) is 14.3 Å². The summed E-state index contributed by atoms with van der Waals surface area (Å²) in [5, 5.41) is 4.64. The first-order valence-corrected chi connectivity index (χ1v) is 14.6. The van der Waals surface area contributed by atoms with Gasteiger partial charge < -0.3 is 29.3 Å². The number of nitrogens with zero attached hydrogens (tertiary/aromatic N) is 3. The number of carbonyl (C=O) groups excluding carboxylic acids is 3. The number of nitrogens with one attached hydrogen (secondary N) is 1. The Morgan fingerprint density at radius 2 is 2.05 bits per heavy atom. The summed E-state index contributed by atoms with van der Waals surface area (Å²) in [5.41, 5.74) is -1.18. The van der Waals surface area contributed by atoms with Gasteiger partial charge in [0.05, 0.1) is 20.3 Å². The summed E-state index contributed by atoms with van der Waals surface area (Å²) in [4.78, 5) is 47.7. The van der Waals surface area contributed by atoms with Crippen LogP contribution in [0.5, 0.6) is 11.6 Å². The van der Waals surface area contributed by atoms with Gasteiger partial charge in [0.15, 0.2) is 0 Å². The Morgan fingerprint density at radius 1 is 1.26 bits per heavy atom. The van der Waals surface area contributed by atoms with Crippen molar-refractivity contribution in [1.29, 1.82) is 0 Å². The Balaban J connectivity index is 1.58. The highest BCUT2D eigenvalue weighted by atomic mass is 35.5. The van der Waals surface area contributed by atoms with Gasteiger partial charge in [-0.05, 0) is 62.3 Å². The second-order valence-corrected chi connectivity index (χ2v) is 11.1. The number of urea groups is 1. The van der Waals surface area contributed by atoms with Crippen LogP contribution in [0.25, 0.3) is 10.8 Å². The first-order chi connectivity index (χ1) is 20.2. The van der Waals surface area contributed by atoms with Gasteiger partial charge >= 0.3 is 12.0 Å². The summed E-state index contributed by atoms with van der Waals surface area (Å²) in [5.74, 6) is -0.232. The number of carbonyl (C=O) groups is 3. The number of aromatic nitrogens is 1. The van der Waals surface area contributed by atoms with Crippen LogP contribution in [0, 0.1) is 5.92 Å². The summed E-state index contributed by atoms with van der Waals surface area (Å²) in [6.45, 7) is 10.1. The zero-order valence-electron chi connectivity index (χ0n) is 24.4. The molecule has 1 aliphatic carbocycles. The number of rotatable bonds is 13. The number of hydrogen-bond donors (Lipinski definition) is 1. The molecule has 0 bridgehead atoms. The predicted octanol–water partition coefficient (Wildman–Crippen LogP) is 4.75. The fraction of sp³-hybridized carbons (Fsp3) is 0.484. The Kier molecular flexibility index (Phi) is 9.98. The van der Waals surface area contributed by atoms with E-state index in [9.17, 15) is 14.4 Å². The molecule has 10 nitrogen and oxygen atoms in total. The van der Waals surface area contributed by atoms with E-state index in [2.05, 4.69) is 23.5 Å². The van der Waals surface area contributed by atoms with Gasteiger partial charge in [-0.3, -0.25) is 4.79 Å². The van der Waals surface area contributed by atoms with Crippen molar-refractivity contribution in [1.82, 2.24) is 20.1 Å². The fourth-order valence-corrected chi connectivity index (χ4v) is 5.60. The molecule has 1 aliphatic heterocycles. The molecule has 0 radical (unpaired) electrons. The maximum atomic E-state index is 13.8. The molecule has 226 valence electrons. The summed E-state index contributed by atoms with van der Waals surface area (Å²) >= 11 is 6.31. The number of halogens is 1. The monoisotopic (exact) mass is 598 g/mol. The first kappa shape index (κ1) is 31.2. The molecule has 0 spiro atoms. The number of likely N-dealkylation sites (tertiary alicyclic amines) is 1. The molecule has 42 heavy (non-hydrogen) atoms. The van der Waals surface area contributed by atoms with E-state index < -0.39 is 29.6 Å². The molecule has 4 rings (SSSR count). The van der Waals surface area contributed by atoms with Crippen LogP contribution in [0.15, 0.2) is 49.6 Å². The number of benzene rings is 1. The number of pyridine rings is 1. The number of hydrogen-bond acceptors (Lipinski definition) is 7. The molecule has 0 unspecified atom stereocenters. The van der Waals surface area contributed by atoms with Gasteiger partial charge in [-0.15, -0.1) is 13.2 Å². The van der Waals surface area contributed by atoms with Crippen LogP contribution in [0.3, 0.4) is 0 Å². The minimum atomic E-state index is -1.18. The highest BCUT2D eigenvalue weighted by molar-refractivity contribution is 6.30. The molecule has 4 atom stereocenters. The van der Waals surface area contributed by atoms with Crippen LogP contribution in [0.2, 0.25) is 5.15 Å². The van der Waals surface area contributed by atoms with Crippen LogP contribution in [0.1, 0.15) is 39.0 Å². The topological polar surface area (TPSA) is 110 Å². The SMILES string of the molecule is C=CCCCCN(C)C(=O)N1C[C@H](Oc2nc(Cl)cc3cc(OC)ccc23)C[C@H]1C(=O)N[C@]1(C(=O)OCC)C[C@H]1C=C. The third kappa shape index (κ3) is 6.64. The molecule has 1 saturated carbocycles. The third-order valence-electron chi connectivity index (χ3n) is 7.82. The Labute approximate surface area is 251 Å². The zero-order chi connectivity index (χ0) is 30.4. The number of fused-ring (bicyclic) bond motifs is 1. The molecule has 1 aromatic heterocycles. The third-order valence-corrected chi connectivity index (χ3v) is 8.02. The molecule has 2 aliphatic rings. The molecule has 1 aromatic carbocycles. The lowest BCUT2D eigenvalue weighted by molar-refractivity contribution is -0.149. The van der Waals surface area contributed by atoms with E-state index in [4.69, 9.17) is 25.8 Å². The molecule has 1 N–H and O–H groups in total. The lowest BCUT2D eigenvalue weighted by atomic mass is 10.1. The van der Waals surface area contributed by atoms with E-state index in [1.165, 1.54) is 4.90 Å². The minimum Gasteiger partial charge on any atom is -0.497 e. The van der Waals surface area contributed by atoms with Crippen molar-refractivity contribution >= 4 is 40.3 Å². The van der Waals surface area contributed by atoms with Crippen molar-refractivity contribution < 1.29 is 28.6 Å². The average Bonchev–Trinajstić information content (AvgIpc) is 3.53. The number of allylic oxidation sites excluding steroid dienone is 1. The van der Waals surface area contributed by atoms with Crippen LogP contribution < -0.4 is 14.8 Å². The largest absolute Gasteiger partial charge is 0.497 e. The van der Waals surface area contributed by atoms with Gasteiger partial charge in [0.2, 0.25) is 11.8 Å². The summed E-state index contributed by atoms with van der Waals surface area (Å²) in [7, 11) is 3.30. The van der Waals surface area contributed by atoms with Gasteiger partial charge in [-0.25, -0.2) is 14.6 Å². The Bertz CT molecular complexity index is 1350. The summed E-state index contributed by atoms with van der Waals surface area (Å²) in [6, 6.07) is 6.01. The van der Waals surface area contributed by atoms with Crippen molar-refractivity contribution in [3.63, 3.8) is 0 Å². The number of esters is 1. The molecule has 3 amide bonds. The second kappa shape index (κ2) is 13.5. The maximum Gasteiger partial charge on any atom is 0.332 e. The van der Waals surface area contributed by atoms with Gasteiger partial charge in [-0.1, -0.05) is 23.8 Å². The molecular formula is C31H39ClN4O6. The quantitative estimate of drug-likeness (QED) is 0.153. The molecule has 11 heteroatoms. The van der Waals surface area contributed by atoms with E-state index in [1.807, 2.05) is 18.2 Å². The van der Waals surface area contributed by atoms with Crippen molar-refractivity contribution in [2.24, 2.45) is 5.92 Å². The predicted molar refractivity (Wildman–Crippen MR) is 161 cm³/mol. The molecule has 2 aromatic rings. The fourth-order valence-electron chi connectivity index (χ4n) is 5.41. The van der Waals surface area contributed by atoms with Crippen molar-refractivity contribution in [2.45, 2.75) is 56.7 Å². The Morgan fingerprint density at radius 3 is 2.71 bits per heavy atom. The van der Waals surface area contributed by atoms with E-state index in [-0.39, 0.29) is 36.7 Å². The molecule has 2 heterocycles. The van der Waals surface area contributed by atoms with Crippen LogP contribution in [0.4, 0.5) is 4.79 Å². The number of ether oxygens (including phenoxy) is 3. The lowest BCUT2D eigenvalue weighted by Crippen LogP contribution is -2.55. The van der Waals surface area contributed by atoms with Crippen molar-refractivity contribution in [3.8, 4) is 11.6 Å². The number of unbranched alkanes of at least 4 members (excludes halogenated alkanes) is 2. The van der Waals surface area contributed by atoms with Gasteiger partial charge in [-0.2, -0.15) is 0 Å². The number of methoxy groups -OCH3 is 1. The molecule has 1 saturated heterocycles. The first-order valence-electron chi connectivity index (χ1n) is 14.2. The van der Waals surface area contributed by atoms with E-state index in [0.717, 1.165) is 30.0 Å². The molecular weight excluding hydrogens is 560 g/mol. The van der Waals surface area contributed by atoms with Gasteiger partial charge in [0.1, 0.15) is 28.6 Å². The lowest BCUT2D eigenvalue weighted by Gasteiger charge is -2.30. The van der Waals surface area contributed by atoms with Gasteiger partial charge in [0, 0.05) is 31.3 Å². The Hall–Kier alpha value is -3.79. The normalized spacial score (nSPS) is 22.8. The second-order valence-electron chi connectivity index (χ2n) is 10.7. The van der Waals surface area contributed by atoms with Gasteiger partial charge in [0.25, 0.3) is 0 Å². The highest BCUT2D eigenvalue weighted by Gasteiger charge is 2.62. The maximum absolute atomic E-state index is 13.8. The average molecular weight is 599 g/mol. The standard InChI is InChI=1S/C31H39ClN4O6/c1-6-9-10-11-14-35(4)30(39)36-19-23(42-28-24-13-12-22(40-5)15-20(24)16-26(32)33-28)17-25(36)27(37)34-31(18-21(31)7-2)29(38)41-8-3/h6-7,12-13,15-16,21,23,25H,1-2,8-11,14,17-19H2,3-5H3,(H,34,37)/t21-,23-,25+,31-/m1/s1. The zero-order valence-corrected chi connectivity index (χ0v) is 25.2. The van der Waals surface area contributed by atoms with Crippen molar-refractivity contribution in [2.75, 3.05) is 33.9 Å². The summed E-state index contributed by atoms with van der Waals surface area (Å²) in [6.07, 6.45) is 6.10. The van der Waals surface area contributed by atoms with E-state index >= 15 is 0 Å². The minimum absolute atomic E-state index is 0.150. The van der Waals surface area contributed by atoms with E-state index in [0.29, 0.717) is 24.6 Å². The molecule has 2 fully saturated rings.